The van der Waals surface area contributed by atoms with E-state index in [0.29, 0.717) is 16.7 Å². The Morgan fingerprint density at radius 3 is 1.96 bits per heavy atom. The molecule has 0 aliphatic heterocycles. The number of rotatable bonds is 5. The number of para-hydroxylation sites is 1. The summed E-state index contributed by atoms with van der Waals surface area (Å²) in [6.45, 7) is 0. The third-order valence-corrected chi connectivity index (χ3v) is 8.05. The Morgan fingerprint density at radius 2 is 1.11 bits per heavy atom. The van der Waals surface area contributed by atoms with Gasteiger partial charge in [0, 0.05) is 27.5 Å². The standard InChI is InChI=1S/C43H27N3O/c1-3-11-28(12-4-1)31-15-9-16-33(25-31)41-44-42(34-24-22-30-21-23-32(26-35(30)27-34)29-13-5-2-6-14-29)46-43(45-41)37-18-10-20-39-40(37)36-17-7-8-19-38(36)47-39/h1-27H/i1D,3D,4D,7D,8D,11D,12D,18D,19D,20D. The maximum Gasteiger partial charge on any atom is 0.164 e. The molecule has 0 fully saturated rings. The minimum absolute atomic E-state index is 0.00377. The summed E-state index contributed by atoms with van der Waals surface area (Å²) < 4.78 is 90.7. The van der Waals surface area contributed by atoms with Crippen LogP contribution in [0.4, 0.5) is 0 Å². The van der Waals surface area contributed by atoms with E-state index >= 15 is 0 Å². The van der Waals surface area contributed by atoms with E-state index in [1.54, 1.807) is 24.3 Å². The van der Waals surface area contributed by atoms with E-state index in [0.717, 1.165) is 21.9 Å². The van der Waals surface area contributed by atoms with Crippen molar-refractivity contribution in [3.63, 3.8) is 0 Å². The van der Waals surface area contributed by atoms with Gasteiger partial charge >= 0.3 is 0 Å². The Hall–Kier alpha value is -6.39. The molecule has 2 heterocycles. The van der Waals surface area contributed by atoms with E-state index in [2.05, 4.69) is 12.1 Å². The van der Waals surface area contributed by atoms with Gasteiger partial charge in [0.05, 0.1) is 13.7 Å². The van der Waals surface area contributed by atoms with Gasteiger partial charge in [-0.05, 0) is 63.3 Å². The van der Waals surface area contributed by atoms with Crippen molar-refractivity contribution >= 4 is 32.7 Å². The van der Waals surface area contributed by atoms with Crippen molar-refractivity contribution in [1.82, 2.24) is 15.0 Å². The fraction of sp³-hybridized carbons (Fsp3) is 0. The molecule has 0 aliphatic rings. The fourth-order valence-electron chi connectivity index (χ4n) is 5.80. The van der Waals surface area contributed by atoms with Crippen LogP contribution in [0.1, 0.15) is 13.7 Å². The molecule has 4 heteroatoms. The van der Waals surface area contributed by atoms with Gasteiger partial charge in [-0.3, -0.25) is 0 Å². The van der Waals surface area contributed by atoms with Gasteiger partial charge in [0.15, 0.2) is 17.5 Å². The summed E-state index contributed by atoms with van der Waals surface area (Å²) in [4.78, 5) is 14.7. The zero-order valence-electron chi connectivity index (χ0n) is 34.6. The lowest BCUT2D eigenvalue weighted by Crippen LogP contribution is -2.00. The van der Waals surface area contributed by atoms with Crippen LogP contribution < -0.4 is 0 Å². The molecule has 0 radical (unpaired) electrons. The Kier molecular flexibility index (Phi) is 4.42. The second-order valence-corrected chi connectivity index (χ2v) is 10.9. The molecule has 9 aromatic rings. The van der Waals surface area contributed by atoms with Crippen LogP contribution in [0.15, 0.2) is 168 Å². The zero-order valence-corrected chi connectivity index (χ0v) is 24.6. The first-order chi connectivity index (χ1) is 27.4. The van der Waals surface area contributed by atoms with Crippen molar-refractivity contribution in [2.45, 2.75) is 0 Å². The van der Waals surface area contributed by atoms with Gasteiger partial charge in [-0.1, -0.05) is 133 Å². The molecular weight excluding hydrogens is 574 g/mol. The van der Waals surface area contributed by atoms with Crippen molar-refractivity contribution in [1.29, 1.82) is 0 Å². The summed E-state index contributed by atoms with van der Waals surface area (Å²) >= 11 is 0. The van der Waals surface area contributed by atoms with Gasteiger partial charge in [0.1, 0.15) is 11.2 Å². The number of furan rings is 1. The number of benzene rings is 7. The third-order valence-electron chi connectivity index (χ3n) is 8.05. The van der Waals surface area contributed by atoms with Crippen LogP contribution in [-0.2, 0) is 0 Å². The second-order valence-electron chi connectivity index (χ2n) is 10.9. The summed E-state index contributed by atoms with van der Waals surface area (Å²) in [6, 6.07) is 28.0. The van der Waals surface area contributed by atoms with Gasteiger partial charge in [0.2, 0.25) is 0 Å². The number of fused-ring (bicyclic) bond motifs is 4. The van der Waals surface area contributed by atoms with Crippen LogP contribution >= 0.6 is 0 Å². The van der Waals surface area contributed by atoms with E-state index in [1.807, 2.05) is 54.6 Å². The molecule has 0 unspecified atom stereocenters. The van der Waals surface area contributed by atoms with E-state index < -0.39 is 18.1 Å². The number of aromatic nitrogens is 3. The monoisotopic (exact) mass is 611 g/mol. The topological polar surface area (TPSA) is 51.8 Å². The van der Waals surface area contributed by atoms with E-state index in [9.17, 15) is 0 Å². The maximum atomic E-state index is 9.12. The van der Waals surface area contributed by atoms with E-state index in [4.69, 9.17) is 33.1 Å². The summed E-state index contributed by atoms with van der Waals surface area (Å²) in [6.07, 6.45) is 0. The van der Waals surface area contributed by atoms with Crippen molar-refractivity contribution in [3.8, 4) is 56.4 Å². The predicted molar refractivity (Wildman–Crippen MR) is 192 cm³/mol. The third kappa shape index (κ3) is 4.93. The lowest BCUT2D eigenvalue weighted by atomic mass is 9.99. The summed E-state index contributed by atoms with van der Waals surface area (Å²) in [7, 11) is 0. The second kappa shape index (κ2) is 11.2. The molecule has 2 aromatic heterocycles. The van der Waals surface area contributed by atoms with Crippen molar-refractivity contribution in [3.05, 3.63) is 164 Å². The molecule has 4 nitrogen and oxygen atoms in total. The first-order valence-electron chi connectivity index (χ1n) is 19.9. The molecule has 0 N–H and O–H groups in total. The normalized spacial score (nSPS) is 14.4. The number of hydrogen-bond donors (Lipinski definition) is 0. The van der Waals surface area contributed by atoms with E-state index in [-0.39, 0.29) is 92.8 Å². The van der Waals surface area contributed by atoms with Gasteiger partial charge in [0.25, 0.3) is 0 Å². The molecule has 0 spiro atoms. The van der Waals surface area contributed by atoms with Crippen LogP contribution in [0.2, 0.25) is 0 Å². The average Bonchev–Trinajstić information content (AvgIpc) is 3.60. The molecule has 0 atom stereocenters. The highest BCUT2D eigenvalue weighted by atomic mass is 16.3. The average molecular weight is 612 g/mol. The first-order valence-corrected chi connectivity index (χ1v) is 14.9. The van der Waals surface area contributed by atoms with Crippen LogP contribution in [-0.4, -0.2) is 15.0 Å². The lowest BCUT2D eigenvalue weighted by molar-refractivity contribution is 0.669. The summed E-state index contributed by atoms with van der Waals surface area (Å²) in [5.74, 6) is 0.418. The molecule has 0 bridgehead atoms. The lowest BCUT2D eigenvalue weighted by Gasteiger charge is -2.11. The minimum atomic E-state index is -0.500. The van der Waals surface area contributed by atoms with Crippen molar-refractivity contribution in [2.24, 2.45) is 0 Å². The molecule has 220 valence electrons. The molecule has 9 rings (SSSR count). The smallest absolute Gasteiger partial charge is 0.164 e. The number of nitrogens with zero attached hydrogens (tertiary/aromatic N) is 3. The van der Waals surface area contributed by atoms with Crippen LogP contribution in [0.5, 0.6) is 0 Å². The Bertz CT molecular complexity index is 3120. The summed E-state index contributed by atoms with van der Waals surface area (Å²) in [5, 5.41) is 2.41. The highest BCUT2D eigenvalue weighted by Crippen LogP contribution is 2.37. The van der Waals surface area contributed by atoms with Gasteiger partial charge < -0.3 is 4.42 Å². The van der Waals surface area contributed by atoms with Gasteiger partial charge in [-0.25, -0.2) is 15.0 Å². The fourth-order valence-corrected chi connectivity index (χ4v) is 5.80. The quantitative estimate of drug-likeness (QED) is 0.194. The predicted octanol–water partition coefficient (Wildman–Crippen LogP) is 11.3. The molecule has 0 saturated heterocycles. The minimum Gasteiger partial charge on any atom is -0.456 e. The van der Waals surface area contributed by atoms with Crippen LogP contribution in [0, 0.1) is 0 Å². The highest BCUT2D eigenvalue weighted by molar-refractivity contribution is 6.11. The Labute approximate surface area is 285 Å². The Morgan fingerprint density at radius 1 is 0.426 bits per heavy atom. The molecule has 0 amide bonds. The molecule has 0 aliphatic carbocycles. The largest absolute Gasteiger partial charge is 0.456 e. The first kappa shape index (κ1) is 18.5. The highest BCUT2D eigenvalue weighted by Gasteiger charge is 2.18. The summed E-state index contributed by atoms with van der Waals surface area (Å²) in [5.41, 5.74) is 3.67. The molecule has 47 heavy (non-hydrogen) atoms. The zero-order chi connectivity index (χ0) is 39.9. The molecule has 7 aromatic carbocycles. The van der Waals surface area contributed by atoms with Crippen molar-refractivity contribution < 1.29 is 18.1 Å². The van der Waals surface area contributed by atoms with Crippen LogP contribution in [0.25, 0.3) is 89.1 Å². The van der Waals surface area contributed by atoms with Gasteiger partial charge in [-0.15, -0.1) is 0 Å². The van der Waals surface area contributed by atoms with Crippen molar-refractivity contribution in [2.75, 3.05) is 0 Å². The Balaban J connectivity index is 1.31. The van der Waals surface area contributed by atoms with Gasteiger partial charge in [-0.2, -0.15) is 0 Å². The number of hydrogen-bond acceptors (Lipinski definition) is 4. The maximum absolute atomic E-state index is 9.12. The molecular formula is C43H27N3O. The SMILES string of the molecule is [2H]c1cc2c(oc3c([2H])cc([2H])c(-c4nc(-c5cccc(-c6c([2H])c([2H])c([2H])c([2H])c6[2H])c5)nc(-c5ccc6ccc(-c7ccccc7)cc6c5)n4)c32)c([2H])c1[2H]. The molecule has 0 saturated carbocycles. The van der Waals surface area contributed by atoms with E-state index in [1.165, 1.54) is 12.1 Å². The van der Waals surface area contributed by atoms with Crippen LogP contribution in [0.3, 0.4) is 0 Å².